The van der Waals surface area contributed by atoms with Crippen molar-refractivity contribution in [2.45, 2.75) is 46.0 Å². The molecular weight excluding hydrogens is 254 g/mol. The Labute approximate surface area is 122 Å². The van der Waals surface area contributed by atoms with Crippen molar-refractivity contribution >= 4 is 11.6 Å². The Morgan fingerprint density at radius 3 is 2.63 bits per heavy atom. The maximum Gasteiger partial charge on any atom is 0.0438 e. The van der Waals surface area contributed by atoms with Crippen molar-refractivity contribution in [1.82, 2.24) is 0 Å². The first-order valence-corrected chi connectivity index (χ1v) is 7.86. The van der Waals surface area contributed by atoms with E-state index in [4.69, 9.17) is 17.3 Å². The lowest BCUT2D eigenvalue weighted by Gasteiger charge is -2.38. The summed E-state index contributed by atoms with van der Waals surface area (Å²) in [5.41, 5.74) is 8.53. The highest BCUT2D eigenvalue weighted by atomic mass is 35.5. The molecule has 106 valence electrons. The monoisotopic (exact) mass is 279 g/mol. The lowest BCUT2D eigenvalue weighted by atomic mass is 9.68. The van der Waals surface area contributed by atoms with E-state index in [2.05, 4.69) is 39.0 Å². The van der Waals surface area contributed by atoms with Gasteiger partial charge in [-0.1, -0.05) is 37.6 Å². The minimum absolute atomic E-state index is 0.587. The lowest BCUT2D eigenvalue weighted by molar-refractivity contribution is 0.197. The van der Waals surface area contributed by atoms with Crippen LogP contribution in [0.3, 0.4) is 0 Å². The smallest absolute Gasteiger partial charge is 0.0438 e. The fraction of sp³-hybridized carbons (Fsp3) is 0.647. The number of halogens is 1. The molecule has 2 N–H and O–H groups in total. The second kappa shape index (κ2) is 6.28. The van der Waals surface area contributed by atoms with Gasteiger partial charge in [-0.15, -0.1) is 0 Å². The maximum absolute atomic E-state index is 6.29. The molecule has 19 heavy (non-hydrogen) atoms. The molecule has 0 bridgehead atoms. The number of rotatable bonds is 3. The molecule has 3 unspecified atom stereocenters. The molecule has 0 radical (unpaired) electrons. The van der Waals surface area contributed by atoms with E-state index in [1.165, 1.54) is 24.8 Å². The van der Waals surface area contributed by atoms with Gasteiger partial charge < -0.3 is 5.73 Å². The van der Waals surface area contributed by atoms with E-state index in [1.807, 2.05) is 0 Å². The van der Waals surface area contributed by atoms with Crippen LogP contribution in [0.1, 0.15) is 50.2 Å². The molecule has 0 aromatic heterocycles. The largest absolute Gasteiger partial charge is 0.330 e. The molecule has 1 aromatic rings. The summed E-state index contributed by atoms with van der Waals surface area (Å²) in [6.07, 6.45) is 3.85. The van der Waals surface area contributed by atoms with Crippen LogP contribution >= 0.6 is 11.6 Å². The highest BCUT2D eigenvalue weighted by Gasteiger charge is 2.32. The zero-order valence-electron chi connectivity index (χ0n) is 12.3. The molecule has 1 nitrogen and oxygen atoms in total. The van der Waals surface area contributed by atoms with Crippen molar-refractivity contribution in [2.24, 2.45) is 23.5 Å². The summed E-state index contributed by atoms with van der Waals surface area (Å²) in [6.45, 7) is 7.53. The topological polar surface area (TPSA) is 26.0 Å². The second-order valence-corrected chi connectivity index (χ2v) is 6.84. The van der Waals surface area contributed by atoms with E-state index >= 15 is 0 Å². The van der Waals surface area contributed by atoms with Gasteiger partial charge in [-0.25, -0.2) is 0 Å². The third kappa shape index (κ3) is 3.32. The first kappa shape index (κ1) is 14.9. The quantitative estimate of drug-likeness (QED) is 0.848. The highest BCUT2D eigenvalue weighted by molar-refractivity contribution is 6.31. The number of aryl methyl sites for hydroxylation is 1. The fourth-order valence-electron chi connectivity index (χ4n) is 3.40. The molecular formula is C17H26ClN. The zero-order valence-corrected chi connectivity index (χ0v) is 13.1. The molecule has 1 saturated carbocycles. The van der Waals surface area contributed by atoms with Crippen LogP contribution in [0, 0.1) is 24.7 Å². The van der Waals surface area contributed by atoms with Gasteiger partial charge in [-0.3, -0.25) is 0 Å². The first-order chi connectivity index (χ1) is 9.02. The molecule has 1 aliphatic carbocycles. The van der Waals surface area contributed by atoms with Crippen molar-refractivity contribution in [3.8, 4) is 0 Å². The minimum atomic E-state index is 0.587. The predicted octanol–water partition coefficient (Wildman–Crippen LogP) is 4.76. The number of hydrogen-bond acceptors (Lipinski definition) is 1. The van der Waals surface area contributed by atoms with Crippen molar-refractivity contribution in [2.75, 3.05) is 6.54 Å². The molecule has 2 rings (SSSR count). The summed E-state index contributed by atoms with van der Waals surface area (Å²) >= 11 is 6.29. The van der Waals surface area contributed by atoms with Gasteiger partial charge in [-0.05, 0) is 73.6 Å². The van der Waals surface area contributed by atoms with Crippen LogP contribution in [-0.2, 0) is 0 Å². The Balaban J connectivity index is 2.24. The normalized spacial score (nSPS) is 27.8. The van der Waals surface area contributed by atoms with Gasteiger partial charge in [0.2, 0.25) is 0 Å². The molecule has 3 atom stereocenters. The maximum atomic E-state index is 6.29. The average molecular weight is 280 g/mol. The van der Waals surface area contributed by atoms with E-state index in [9.17, 15) is 0 Å². The fourth-order valence-corrected chi connectivity index (χ4v) is 3.59. The summed E-state index contributed by atoms with van der Waals surface area (Å²) in [7, 11) is 0. The van der Waals surface area contributed by atoms with Gasteiger partial charge in [0.1, 0.15) is 0 Å². The van der Waals surface area contributed by atoms with Gasteiger partial charge in [0.15, 0.2) is 0 Å². The highest BCUT2D eigenvalue weighted by Crippen LogP contribution is 2.43. The van der Waals surface area contributed by atoms with Crippen LogP contribution in [0.5, 0.6) is 0 Å². The van der Waals surface area contributed by atoms with E-state index in [0.717, 1.165) is 29.0 Å². The van der Waals surface area contributed by atoms with Crippen LogP contribution < -0.4 is 5.73 Å². The predicted molar refractivity (Wildman–Crippen MR) is 83.7 cm³/mol. The van der Waals surface area contributed by atoms with E-state index in [0.29, 0.717) is 11.8 Å². The van der Waals surface area contributed by atoms with Crippen LogP contribution in [0.25, 0.3) is 0 Å². The van der Waals surface area contributed by atoms with Crippen molar-refractivity contribution in [1.29, 1.82) is 0 Å². The Morgan fingerprint density at radius 1 is 1.32 bits per heavy atom. The van der Waals surface area contributed by atoms with Crippen molar-refractivity contribution < 1.29 is 0 Å². The Hall–Kier alpha value is -0.530. The Kier molecular flexibility index (Phi) is 4.92. The van der Waals surface area contributed by atoms with Gasteiger partial charge in [-0.2, -0.15) is 0 Å². The molecule has 0 heterocycles. The molecule has 0 saturated heterocycles. The van der Waals surface area contributed by atoms with Gasteiger partial charge in [0.25, 0.3) is 0 Å². The van der Waals surface area contributed by atoms with Crippen molar-refractivity contribution in [3.63, 3.8) is 0 Å². The lowest BCUT2D eigenvalue weighted by Crippen LogP contribution is -2.30. The van der Waals surface area contributed by atoms with E-state index < -0.39 is 0 Å². The number of nitrogens with two attached hydrogens (primary N) is 1. The first-order valence-electron chi connectivity index (χ1n) is 7.49. The average Bonchev–Trinajstić information content (AvgIpc) is 2.41. The van der Waals surface area contributed by atoms with E-state index in [-0.39, 0.29) is 0 Å². The molecule has 2 heteroatoms. The summed E-state index contributed by atoms with van der Waals surface area (Å²) in [5, 5.41) is 0.889. The van der Waals surface area contributed by atoms with Gasteiger partial charge in [0.05, 0.1) is 0 Å². The molecule has 0 amide bonds. The summed E-state index contributed by atoms with van der Waals surface area (Å²) in [5.74, 6) is 2.80. The molecule has 1 aromatic carbocycles. The number of benzene rings is 1. The van der Waals surface area contributed by atoms with Crippen LogP contribution in [-0.4, -0.2) is 6.54 Å². The SMILES string of the molecule is Cc1ccc(C2CC(C(C)C)CCC2CN)cc1Cl. The van der Waals surface area contributed by atoms with Crippen LogP contribution in [0.4, 0.5) is 0 Å². The Bertz CT molecular complexity index is 427. The molecule has 0 aliphatic heterocycles. The van der Waals surface area contributed by atoms with Gasteiger partial charge in [0, 0.05) is 5.02 Å². The molecule has 1 aliphatic rings. The third-order valence-electron chi connectivity index (χ3n) is 4.90. The zero-order chi connectivity index (χ0) is 14.0. The number of hydrogen-bond donors (Lipinski definition) is 1. The summed E-state index contributed by atoms with van der Waals surface area (Å²) in [4.78, 5) is 0. The Morgan fingerprint density at radius 2 is 2.05 bits per heavy atom. The molecule has 1 fully saturated rings. The molecule has 0 spiro atoms. The minimum Gasteiger partial charge on any atom is -0.330 e. The van der Waals surface area contributed by atoms with Crippen LogP contribution in [0.15, 0.2) is 18.2 Å². The van der Waals surface area contributed by atoms with Gasteiger partial charge >= 0.3 is 0 Å². The third-order valence-corrected chi connectivity index (χ3v) is 5.31. The standard InChI is InChI=1S/C17H26ClN/c1-11(2)13-6-7-15(10-19)16(8-13)14-5-4-12(3)17(18)9-14/h4-5,9,11,13,15-16H,6-8,10,19H2,1-3H3. The summed E-state index contributed by atoms with van der Waals surface area (Å²) in [6, 6.07) is 6.55. The van der Waals surface area contributed by atoms with Crippen molar-refractivity contribution in [3.05, 3.63) is 34.3 Å². The van der Waals surface area contributed by atoms with Crippen LogP contribution in [0.2, 0.25) is 5.02 Å². The summed E-state index contributed by atoms with van der Waals surface area (Å²) < 4.78 is 0. The second-order valence-electron chi connectivity index (χ2n) is 6.43. The van der Waals surface area contributed by atoms with E-state index in [1.54, 1.807) is 0 Å².